The van der Waals surface area contributed by atoms with E-state index in [0.717, 1.165) is 12.3 Å². The van der Waals surface area contributed by atoms with Crippen LogP contribution in [0.15, 0.2) is 59.1 Å². The summed E-state index contributed by atoms with van der Waals surface area (Å²) < 4.78 is 0. The maximum atomic E-state index is 4.37. The molecule has 0 N–H and O–H groups in total. The van der Waals surface area contributed by atoms with Gasteiger partial charge in [-0.15, -0.1) is 0 Å². The number of aliphatic imine (C=N–C) groups is 1. The molecule has 0 aliphatic heterocycles. The van der Waals surface area contributed by atoms with Crippen molar-refractivity contribution in [2.45, 2.75) is 6.92 Å². The number of hydrogen-bond acceptors (Lipinski definition) is 2. The van der Waals surface area contributed by atoms with Crippen LogP contribution in [-0.2, 0) is 0 Å². The van der Waals surface area contributed by atoms with Crippen LogP contribution in [0.4, 0.5) is 5.69 Å². The van der Waals surface area contributed by atoms with Gasteiger partial charge in [-0.05, 0) is 48.4 Å². The number of benzene rings is 1. The Balaban J connectivity index is 2.13. The van der Waals surface area contributed by atoms with E-state index < -0.39 is 0 Å². The van der Waals surface area contributed by atoms with E-state index in [1.807, 2.05) is 6.92 Å². The Bertz CT molecular complexity index is 525. The van der Waals surface area contributed by atoms with Gasteiger partial charge in [-0.3, -0.25) is 4.99 Å². The number of anilines is 1. The summed E-state index contributed by atoms with van der Waals surface area (Å²) in [5.41, 5.74) is 4.68. The highest BCUT2D eigenvalue weighted by Crippen LogP contribution is 2.16. The molecule has 0 saturated heterocycles. The Morgan fingerprint density at radius 1 is 1.00 bits per heavy atom. The molecule has 0 heterocycles. The molecule has 0 amide bonds. The topological polar surface area (TPSA) is 15.6 Å². The first-order valence-electron chi connectivity index (χ1n) is 6.59. The maximum absolute atomic E-state index is 4.37. The fourth-order valence-electron chi connectivity index (χ4n) is 1.92. The monoisotopic (exact) mass is 252 g/mol. The minimum Gasteiger partial charge on any atom is -0.378 e. The average molecular weight is 252 g/mol. The predicted molar refractivity (Wildman–Crippen MR) is 85.0 cm³/mol. The van der Waals surface area contributed by atoms with E-state index in [-0.39, 0.29) is 0 Å². The summed E-state index contributed by atoms with van der Waals surface area (Å²) in [5, 5.41) is 0. The lowest BCUT2D eigenvalue weighted by atomic mass is 10.0. The van der Waals surface area contributed by atoms with E-state index in [4.69, 9.17) is 0 Å². The van der Waals surface area contributed by atoms with Gasteiger partial charge in [0.05, 0.1) is 5.71 Å². The van der Waals surface area contributed by atoms with Crippen LogP contribution in [0.3, 0.4) is 0 Å². The molecule has 98 valence electrons. The van der Waals surface area contributed by atoms with Crippen LogP contribution in [0.1, 0.15) is 12.5 Å². The van der Waals surface area contributed by atoms with E-state index in [1.165, 1.54) is 16.8 Å². The van der Waals surface area contributed by atoms with E-state index >= 15 is 0 Å². The molecule has 1 aromatic rings. The highest BCUT2D eigenvalue weighted by Gasteiger charge is 1.98. The first-order valence-corrected chi connectivity index (χ1v) is 6.59. The van der Waals surface area contributed by atoms with Gasteiger partial charge in [0.2, 0.25) is 0 Å². The second kappa shape index (κ2) is 6.19. The number of hydrogen-bond donors (Lipinski definition) is 0. The molecule has 1 aromatic carbocycles. The van der Waals surface area contributed by atoms with Crippen LogP contribution >= 0.6 is 0 Å². The molecule has 0 unspecified atom stereocenters. The lowest BCUT2D eigenvalue weighted by Crippen LogP contribution is -2.07. The van der Waals surface area contributed by atoms with Crippen molar-refractivity contribution >= 4 is 17.5 Å². The first kappa shape index (κ1) is 13.3. The molecule has 0 atom stereocenters. The van der Waals surface area contributed by atoms with Gasteiger partial charge in [0.15, 0.2) is 0 Å². The van der Waals surface area contributed by atoms with Crippen molar-refractivity contribution in [1.82, 2.24) is 0 Å². The zero-order valence-electron chi connectivity index (χ0n) is 11.8. The first-order chi connectivity index (χ1) is 9.19. The number of nitrogens with zero attached hydrogens (tertiary/aromatic N) is 2. The van der Waals surface area contributed by atoms with Crippen molar-refractivity contribution in [2.75, 3.05) is 25.5 Å². The van der Waals surface area contributed by atoms with Gasteiger partial charge in [0, 0.05) is 26.3 Å². The highest BCUT2D eigenvalue weighted by molar-refractivity contribution is 6.06. The number of allylic oxidation sites excluding steroid dienone is 5. The van der Waals surface area contributed by atoms with Gasteiger partial charge in [0.25, 0.3) is 0 Å². The molecule has 2 nitrogen and oxygen atoms in total. The lowest BCUT2D eigenvalue weighted by Gasteiger charge is -2.12. The second-order valence-electron chi connectivity index (χ2n) is 4.70. The molecule has 0 saturated carbocycles. The van der Waals surface area contributed by atoms with Crippen molar-refractivity contribution in [3.63, 3.8) is 0 Å². The van der Waals surface area contributed by atoms with Crippen LogP contribution in [0.2, 0.25) is 0 Å². The molecular formula is C17H20N2. The van der Waals surface area contributed by atoms with Crippen molar-refractivity contribution in [2.24, 2.45) is 4.99 Å². The van der Waals surface area contributed by atoms with E-state index in [1.54, 1.807) is 0 Å². The molecular weight excluding hydrogens is 232 g/mol. The Kier molecular flexibility index (Phi) is 4.35. The Labute approximate surface area is 115 Å². The summed E-state index contributed by atoms with van der Waals surface area (Å²) in [6.07, 6.45) is 10.5. The molecule has 0 fully saturated rings. The summed E-state index contributed by atoms with van der Waals surface area (Å²) in [6.45, 7) is 2.88. The Morgan fingerprint density at radius 3 is 2.16 bits per heavy atom. The Morgan fingerprint density at radius 2 is 1.63 bits per heavy atom. The van der Waals surface area contributed by atoms with Gasteiger partial charge < -0.3 is 4.90 Å². The second-order valence-corrected chi connectivity index (χ2v) is 4.70. The third-order valence-electron chi connectivity index (χ3n) is 2.98. The van der Waals surface area contributed by atoms with E-state index in [0.29, 0.717) is 0 Å². The standard InChI is InChI=1S/C17H20N2/c1-4-18-16-9-5-14(6-10-16)13-15-7-11-17(12-8-15)19(2)3/h5-13H,4H2,1-3H3. The molecule has 0 spiro atoms. The summed E-state index contributed by atoms with van der Waals surface area (Å²) in [4.78, 5) is 6.47. The van der Waals surface area contributed by atoms with Gasteiger partial charge in [-0.1, -0.05) is 24.3 Å². The van der Waals surface area contributed by atoms with Crippen molar-refractivity contribution in [3.05, 3.63) is 59.7 Å². The maximum Gasteiger partial charge on any atom is 0.0574 e. The molecule has 1 aliphatic rings. The van der Waals surface area contributed by atoms with Crippen LogP contribution in [0.5, 0.6) is 0 Å². The molecule has 0 aromatic heterocycles. The minimum absolute atomic E-state index is 0.828. The van der Waals surface area contributed by atoms with Crippen LogP contribution in [0, 0.1) is 0 Å². The largest absolute Gasteiger partial charge is 0.378 e. The van der Waals surface area contributed by atoms with E-state index in [2.05, 4.69) is 78.6 Å². The van der Waals surface area contributed by atoms with Gasteiger partial charge in [-0.25, -0.2) is 0 Å². The SMILES string of the molecule is CCN=C1C=CC(=Cc2ccc(N(C)C)cc2)C=C1. The van der Waals surface area contributed by atoms with Gasteiger partial charge in [-0.2, -0.15) is 0 Å². The van der Waals surface area contributed by atoms with Crippen LogP contribution < -0.4 is 4.90 Å². The van der Waals surface area contributed by atoms with Crippen LogP contribution in [-0.4, -0.2) is 26.4 Å². The van der Waals surface area contributed by atoms with Crippen molar-refractivity contribution in [3.8, 4) is 0 Å². The Hall–Kier alpha value is -2.09. The fraction of sp³-hybridized carbons (Fsp3) is 0.235. The quantitative estimate of drug-likeness (QED) is 0.800. The van der Waals surface area contributed by atoms with Crippen LogP contribution in [0.25, 0.3) is 6.08 Å². The van der Waals surface area contributed by atoms with Gasteiger partial charge in [0.1, 0.15) is 0 Å². The molecule has 0 bridgehead atoms. The zero-order valence-corrected chi connectivity index (χ0v) is 11.8. The highest BCUT2D eigenvalue weighted by atomic mass is 15.1. The summed E-state index contributed by atoms with van der Waals surface area (Å²) >= 11 is 0. The third-order valence-corrected chi connectivity index (χ3v) is 2.98. The molecule has 0 radical (unpaired) electrons. The third kappa shape index (κ3) is 3.68. The van der Waals surface area contributed by atoms with Gasteiger partial charge >= 0.3 is 0 Å². The molecule has 2 heteroatoms. The number of rotatable bonds is 3. The molecule has 1 aliphatic carbocycles. The average Bonchev–Trinajstić information content (AvgIpc) is 2.42. The zero-order chi connectivity index (χ0) is 13.7. The van der Waals surface area contributed by atoms with Crippen molar-refractivity contribution in [1.29, 1.82) is 0 Å². The smallest absolute Gasteiger partial charge is 0.0574 e. The van der Waals surface area contributed by atoms with Crippen molar-refractivity contribution < 1.29 is 0 Å². The van der Waals surface area contributed by atoms with E-state index in [9.17, 15) is 0 Å². The molecule has 19 heavy (non-hydrogen) atoms. The molecule has 2 rings (SSSR count). The fourth-order valence-corrected chi connectivity index (χ4v) is 1.92. The minimum atomic E-state index is 0.828. The summed E-state index contributed by atoms with van der Waals surface area (Å²) in [6, 6.07) is 8.54. The normalized spacial score (nSPS) is 13.6. The lowest BCUT2D eigenvalue weighted by molar-refractivity contribution is 1.13. The summed E-state index contributed by atoms with van der Waals surface area (Å²) in [5.74, 6) is 0. The summed E-state index contributed by atoms with van der Waals surface area (Å²) in [7, 11) is 4.10. The predicted octanol–water partition coefficient (Wildman–Crippen LogP) is 3.72.